The number of amides is 1. The molecule has 196 valence electrons. The van der Waals surface area contributed by atoms with Crippen LogP contribution in [0.5, 0.6) is 0 Å². The highest BCUT2D eigenvalue weighted by molar-refractivity contribution is 5.98. The van der Waals surface area contributed by atoms with E-state index in [1.807, 2.05) is 17.9 Å². The number of rotatable bonds is 5. The SMILES string of the molecule is CCC1CN(c2ncc(-c3n[nH]c(C)n3)[nH]c2=O)CCN1C1CCN(C(=O)c2ccc(C)nc2N)CC1. The number of aromatic nitrogens is 6. The Morgan fingerprint density at radius 3 is 2.57 bits per heavy atom. The van der Waals surface area contributed by atoms with Crippen molar-refractivity contribution in [2.24, 2.45) is 0 Å². The smallest absolute Gasteiger partial charge is 0.291 e. The van der Waals surface area contributed by atoms with Gasteiger partial charge in [-0.1, -0.05) is 6.92 Å². The highest BCUT2D eigenvalue weighted by Gasteiger charge is 2.35. The quantitative estimate of drug-likeness (QED) is 0.465. The van der Waals surface area contributed by atoms with Crippen molar-refractivity contribution < 1.29 is 4.79 Å². The largest absolute Gasteiger partial charge is 0.383 e. The molecule has 1 amide bonds. The molecule has 4 N–H and O–H groups in total. The molecular weight excluding hydrogens is 472 g/mol. The molecule has 0 saturated carbocycles. The predicted molar refractivity (Wildman–Crippen MR) is 140 cm³/mol. The number of pyridine rings is 1. The third-order valence-electron chi connectivity index (χ3n) is 7.42. The van der Waals surface area contributed by atoms with E-state index in [1.54, 1.807) is 19.2 Å². The average Bonchev–Trinajstić information content (AvgIpc) is 3.34. The zero-order chi connectivity index (χ0) is 26.1. The Bertz CT molecular complexity index is 1330. The van der Waals surface area contributed by atoms with Gasteiger partial charge < -0.3 is 20.5 Å². The average molecular weight is 507 g/mol. The number of nitrogens with zero attached hydrogens (tertiary/aromatic N) is 7. The van der Waals surface area contributed by atoms with Gasteiger partial charge in [0, 0.05) is 50.5 Å². The molecule has 37 heavy (non-hydrogen) atoms. The van der Waals surface area contributed by atoms with Crippen LogP contribution in [0.25, 0.3) is 11.5 Å². The van der Waals surface area contributed by atoms with E-state index >= 15 is 0 Å². The van der Waals surface area contributed by atoms with Crippen LogP contribution >= 0.6 is 0 Å². The highest BCUT2D eigenvalue weighted by Crippen LogP contribution is 2.26. The third kappa shape index (κ3) is 5.06. The summed E-state index contributed by atoms with van der Waals surface area (Å²) >= 11 is 0. The van der Waals surface area contributed by atoms with Crippen LogP contribution in [0.2, 0.25) is 0 Å². The lowest BCUT2D eigenvalue weighted by molar-refractivity contribution is 0.0491. The van der Waals surface area contributed by atoms with Crippen molar-refractivity contribution in [2.75, 3.05) is 43.4 Å². The molecule has 12 nitrogen and oxygen atoms in total. The van der Waals surface area contributed by atoms with E-state index < -0.39 is 0 Å². The molecule has 12 heteroatoms. The first-order valence-electron chi connectivity index (χ1n) is 12.9. The van der Waals surface area contributed by atoms with Gasteiger partial charge in [-0.25, -0.2) is 15.0 Å². The fraction of sp³-hybridized carbons (Fsp3) is 0.520. The van der Waals surface area contributed by atoms with Gasteiger partial charge >= 0.3 is 0 Å². The second-order valence-corrected chi connectivity index (χ2v) is 9.85. The minimum Gasteiger partial charge on any atom is -0.383 e. The highest BCUT2D eigenvalue weighted by atomic mass is 16.2. The summed E-state index contributed by atoms with van der Waals surface area (Å²) in [5.74, 6) is 1.78. The monoisotopic (exact) mass is 506 g/mol. The van der Waals surface area contributed by atoms with Gasteiger partial charge in [-0.15, -0.1) is 0 Å². The molecule has 2 fully saturated rings. The number of nitrogens with two attached hydrogens (primary N) is 1. The van der Waals surface area contributed by atoms with E-state index in [1.165, 1.54) is 0 Å². The second-order valence-electron chi connectivity index (χ2n) is 9.85. The Hall–Kier alpha value is -3.80. The molecule has 3 aromatic heterocycles. The molecular formula is C25H34N10O2. The van der Waals surface area contributed by atoms with Crippen LogP contribution < -0.4 is 16.2 Å². The zero-order valence-electron chi connectivity index (χ0n) is 21.6. The number of nitrogen functional groups attached to an aromatic ring is 1. The lowest BCUT2D eigenvalue weighted by atomic mass is 9.97. The van der Waals surface area contributed by atoms with Crippen molar-refractivity contribution in [3.8, 4) is 11.5 Å². The van der Waals surface area contributed by atoms with Crippen LogP contribution in [-0.2, 0) is 0 Å². The first-order chi connectivity index (χ1) is 17.8. The van der Waals surface area contributed by atoms with Gasteiger partial charge in [-0.2, -0.15) is 5.10 Å². The molecule has 0 bridgehead atoms. The van der Waals surface area contributed by atoms with Gasteiger partial charge in [0.1, 0.15) is 17.3 Å². The fourth-order valence-electron chi connectivity index (χ4n) is 5.43. The lowest BCUT2D eigenvalue weighted by Gasteiger charge is -2.47. The van der Waals surface area contributed by atoms with Gasteiger partial charge in [-0.3, -0.25) is 19.6 Å². The van der Waals surface area contributed by atoms with Gasteiger partial charge in [0.25, 0.3) is 11.5 Å². The molecule has 1 atom stereocenters. The van der Waals surface area contributed by atoms with Gasteiger partial charge in [0.2, 0.25) is 0 Å². The minimum absolute atomic E-state index is 0.0470. The van der Waals surface area contributed by atoms with Crippen molar-refractivity contribution in [1.29, 1.82) is 0 Å². The number of H-pyrrole nitrogens is 2. The maximum absolute atomic E-state index is 13.0. The van der Waals surface area contributed by atoms with Crippen molar-refractivity contribution >= 4 is 17.5 Å². The standard InChI is InChI=1S/C25H34N10O2/c1-4-17-14-34(23-24(36)30-20(13-27-23)22-29-16(3)31-32-22)11-12-35(17)18-7-9-33(10-8-18)25(37)19-6-5-15(2)28-21(19)26/h5-6,13,17-18H,4,7-12,14H2,1-3H3,(H2,26,28)(H,30,36)(H,29,31,32). The summed E-state index contributed by atoms with van der Waals surface area (Å²) in [7, 11) is 0. The summed E-state index contributed by atoms with van der Waals surface area (Å²) in [6.45, 7) is 9.52. The summed E-state index contributed by atoms with van der Waals surface area (Å²) in [4.78, 5) is 48.3. The Morgan fingerprint density at radius 1 is 1.14 bits per heavy atom. The molecule has 0 aliphatic carbocycles. The molecule has 2 aliphatic heterocycles. The fourth-order valence-corrected chi connectivity index (χ4v) is 5.43. The van der Waals surface area contributed by atoms with Crippen LogP contribution in [0.4, 0.5) is 11.6 Å². The van der Waals surface area contributed by atoms with Crippen molar-refractivity contribution in [2.45, 2.75) is 52.1 Å². The second kappa shape index (κ2) is 10.3. The molecule has 0 radical (unpaired) electrons. The van der Waals surface area contributed by atoms with Crippen LogP contribution in [0.3, 0.4) is 0 Å². The van der Waals surface area contributed by atoms with E-state index in [-0.39, 0.29) is 11.5 Å². The number of aryl methyl sites for hydroxylation is 2. The van der Waals surface area contributed by atoms with Crippen LogP contribution in [-0.4, -0.2) is 90.6 Å². The number of carbonyl (C=O) groups excluding carboxylic acids is 1. The van der Waals surface area contributed by atoms with Gasteiger partial charge in [0.05, 0.1) is 11.8 Å². The number of piperidine rings is 1. The number of hydrogen-bond acceptors (Lipinski definition) is 9. The van der Waals surface area contributed by atoms with Gasteiger partial charge in [-0.05, 0) is 45.2 Å². The number of aromatic amines is 2. The number of anilines is 2. The molecule has 3 aromatic rings. The van der Waals surface area contributed by atoms with E-state index in [0.29, 0.717) is 59.7 Å². The Balaban J connectivity index is 1.21. The third-order valence-corrected chi connectivity index (χ3v) is 7.42. The lowest BCUT2D eigenvalue weighted by Crippen LogP contribution is -2.59. The summed E-state index contributed by atoms with van der Waals surface area (Å²) in [5, 5.41) is 6.88. The molecule has 1 unspecified atom stereocenters. The zero-order valence-corrected chi connectivity index (χ0v) is 21.6. The predicted octanol–water partition coefficient (Wildman–Crippen LogP) is 1.35. The van der Waals surface area contributed by atoms with Gasteiger partial charge in [0.15, 0.2) is 11.6 Å². The molecule has 2 saturated heterocycles. The van der Waals surface area contributed by atoms with E-state index in [2.05, 4.69) is 46.9 Å². The molecule has 0 aromatic carbocycles. The topological polar surface area (TPSA) is 153 Å². The summed E-state index contributed by atoms with van der Waals surface area (Å²) in [6.07, 6.45) is 4.40. The van der Waals surface area contributed by atoms with Crippen LogP contribution in [0.1, 0.15) is 48.1 Å². The molecule has 5 rings (SSSR count). The van der Waals surface area contributed by atoms with E-state index in [0.717, 1.165) is 44.6 Å². The van der Waals surface area contributed by atoms with Crippen molar-refractivity contribution in [3.63, 3.8) is 0 Å². The Kier molecular flexibility index (Phi) is 6.92. The summed E-state index contributed by atoms with van der Waals surface area (Å²) < 4.78 is 0. The number of piperazine rings is 1. The first kappa shape index (κ1) is 24.9. The van der Waals surface area contributed by atoms with Crippen LogP contribution in [0.15, 0.2) is 23.1 Å². The van der Waals surface area contributed by atoms with Crippen LogP contribution in [0, 0.1) is 13.8 Å². The molecule has 5 heterocycles. The first-order valence-corrected chi connectivity index (χ1v) is 12.9. The normalized spacial score (nSPS) is 19.4. The Morgan fingerprint density at radius 2 is 1.92 bits per heavy atom. The van der Waals surface area contributed by atoms with E-state index in [9.17, 15) is 9.59 Å². The number of nitrogens with one attached hydrogen (secondary N) is 2. The van der Waals surface area contributed by atoms with Crippen molar-refractivity contribution in [3.05, 3.63) is 45.8 Å². The summed E-state index contributed by atoms with van der Waals surface area (Å²) in [5.41, 5.74) is 7.55. The molecule has 2 aliphatic rings. The minimum atomic E-state index is -0.236. The number of likely N-dealkylation sites (tertiary alicyclic amines) is 1. The maximum Gasteiger partial charge on any atom is 0.291 e. The number of carbonyl (C=O) groups is 1. The Labute approximate surface area is 215 Å². The maximum atomic E-state index is 13.0. The van der Waals surface area contributed by atoms with E-state index in [4.69, 9.17) is 5.73 Å². The summed E-state index contributed by atoms with van der Waals surface area (Å²) in [6, 6.07) is 4.29. The molecule has 0 spiro atoms. The van der Waals surface area contributed by atoms with Crippen molar-refractivity contribution in [1.82, 2.24) is 39.9 Å². The number of hydrogen-bond donors (Lipinski definition) is 3.